The number of hydrogen-bond acceptors (Lipinski definition) is 8. The van der Waals surface area contributed by atoms with Gasteiger partial charge in [-0.3, -0.25) is 19.2 Å². The van der Waals surface area contributed by atoms with Crippen LogP contribution in [0.5, 0.6) is 0 Å². The highest BCUT2D eigenvalue weighted by Gasteiger charge is 2.20. The number of Topliss-reactive ketones (excluding diaryl/α,β-unsaturated/α-hetero) is 2. The molecule has 0 aliphatic heterocycles. The molecule has 0 aromatic carbocycles. The lowest BCUT2D eigenvalue weighted by Crippen LogP contribution is -2.29. The number of carbonyl (C=O) groups excluding carboxylic acids is 4. The summed E-state index contributed by atoms with van der Waals surface area (Å²) in [6, 6.07) is 0. The van der Waals surface area contributed by atoms with Gasteiger partial charge in [-0.2, -0.15) is 0 Å². The molecule has 0 saturated carbocycles. The SMILES string of the molecule is C=C(C)C(=O)C(O)COC(=O)CCC(=O)OCC(O)C(=O)C(=C)C. The van der Waals surface area contributed by atoms with Crippen LogP contribution in [0.2, 0.25) is 0 Å². The Hall–Kier alpha value is -2.32. The highest BCUT2D eigenvalue weighted by molar-refractivity contribution is 5.98. The summed E-state index contributed by atoms with van der Waals surface area (Å²) < 4.78 is 9.29. The second kappa shape index (κ2) is 10.5. The van der Waals surface area contributed by atoms with Crippen molar-refractivity contribution in [3.8, 4) is 0 Å². The van der Waals surface area contributed by atoms with Crippen molar-refractivity contribution in [2.24, 2.45) is 0 Å². The number of aliphatic hydroxyl groups is 2. The molecule has 0 radical (unpaired) electrons. The molecule has 0 saturated heterocycles. The first-order valence-corrected chi connectivity index (χ1v) is 7.13. The number of ether oxygens (including phenoxy) is 2. The smallest absolute Gasteiger partial charge is 0.306 e. The molecule has 0 bridgehead atoms. The maximum absolute atomic E-state index is 11.4. The summed E-state index contributed by atoms with van der Waals surface area (Å²) in [5.74, 6) is -2.89. The van der Waals surface area contributed by atoms with Gasteiger partial charge in [0.2, 0.25) is 0 Å². The molecule has 0 heterocycles. The van der Waals surface area contributed by atoms with E-state index in [9.17, 15) is 29.4 Å². The summed E-state index contributed by atoms with van der Waals surface area (Å²) in [7, 11) is 0. The van der Waals surface area contributed by atoms with Gasteiger partial charge in [-0.25, -0.2) is 0 Å². The quantitative estimate of drug-likeness (QED) is 0.392. The van der Waals surface area contributed by atoms with Crippen LogP contribution in [0.1, 0.15) is 26.7 Å². The predicted molar refractivity (Wildman–Crippen MR) is 82.8 cm³/mol. The van der Waals surface area contributed by atoms with Crippen molar-refractivity contribution in [3.63, 3.8) is 0 Å². The van der Waals surface area contributed by atoms with Crippen molar-refractivity contribution in [2.45, 2.75) is 38.9 Å². The average Bonchev–Trinajstić information content (AvgIpc) is 2.53. The fraction of sp³-hybridized carbons (Fsp3) is 0.500. The molecule has 134 valence electrons. The minimum absolute atomic E-state index is 0.130. The monoisotopic (exact) mass is 342 g/mol. The topological polar surface area (TPSA) is 127 Å². The van der Waals surface area contributed by atoms with Gasteiger partial charge in [-0.1, -0.05) is 13.2 Å². The first-order chi connectivity index (χ1) is 11.1. The lowest BCUT2D eigenvalue weighted by Gasteiger charge is -2.11. The van der Waals surface area contributed by atoms with Gasteiger partial charge in [0.15, 0.2) is 23.8 Å². The van der Waals surface area contributed by atoms with E-state index >= 15 is 0 Å². The third kappa shape index (κ3) is 8.35. The molecule has 2 unspecified atom stereocenters. The molecule has 0 spiro atoms. The predicted octanol–water partition coefficient (Wildman–Crippen LogP) is -0.135. The summed E-state index contributed by atoms with van der Waals surface area (Å²) in [5, 5.41) is 18.8. The second-order valence-corrected chi connectivity index (χ2v) is 5.19. The average molecular weight is 342 g/mol. The number of hydrogen-bond donors (Lipinski definition) is 2. The van der Waals surface area contributed by atoms with E-state index in [0.29, 0.717) is 0 Å². The molecule has 8 heteroatoms. The molecule has 8 nitrogen and oxygen atoms in total. The van der Waals surface area contributed by atoms with E-state index in [0.717, 1.165) is 0 Å². The van der Waals surface area contributed by atoms with Gasteiger partial charge in [0.25, 0.3) is 0 Å². The van der Waals surface area contributed by atoms with Gasteiger partial charge in [0.1, 0.15) is 13.2 Å². The number of esters is 2. The van der Waals surface area contributed by atoms with Crippen LogP contribution in [0.4, 0.5) is 0 Å². The maximum Gasteiger partial charge on any atom is 0.306 e. The normalized spacial score (nSPS) is 12.7. The first kappa shape index (κ1) is 21.7. The van der Waals surface area contributed by atoms with Gasteiger partial charge in [0.05, 0.1) is 12.8 Å². The zero-order valence-electron chi connectivity index (χ0n) is 13.7. The molecule has 0 rings (SSSR count). The molecular weight excluding hydrogens is 320 g/mol. The molecule has 0 amide bonds. The third-order valence-corrected chi connectivity index (χ3v) is 2.78. The Morgan fingerprint density at radius 1 is 0.792 bits per heavy atom. The first-order valence-electron chi connectivity index (χ1n) is 7.13. The summed E-state index contributed by atoms with van der Waals surface area (Å²) >= 11 is 0. The van der Waals surface area contributed by atoms with Crippen LogP contribution in [0.3, 0.4) is 0 Å². The van der Waals surface area contributed by atoms with Crippen molar-refractivity contribution >= 4 is 23.5 Å². The molecular formula is C16H22O8. The maximum atomic E-state index is 11.4. The van der Waals surface area contributed by atoms with Crippen molar-refractivity contribution in [3.05, 3.63) is 24.3 Å². The van der Waals surface area contributed by atoms with Gasteiger partial charge < -0.3 is 19.7 Å². The lowest BCUT2D eigenvalue weighted by atomic mass is 10.1. The van der Waals surface area contributed by atoms with Crippen LogP contribution in [-0.4, -0.2) is 59.1 Å². The van der Waals surface area contributed by atoms with E-state index in [4.69, 9.17) is 0 Å². The highest BCUT2D eigenvalue weighted by atomic mass is 16.5. The zero-order valence-corrected chi connectivity index (χ0v) is 13.7. The number of carbonyl (C=O) groups is 4. The molecule has 24 heavy (non-hydrogen) atoms. The summed E-state index contributed by atoms with van der Waals surface area (Å²) in [5.41, 5.74) is 0.259. The van der Waals surface area contributed by atoms with E-state index in [-0.39, 0.29) is 24.0 Å². The molecule has 0 aliphatic carbocycles. The van der Waals surface area contributed by atoms with Crippen molar-refractivity contribution in [1.29, 1.82) is 0 Å². The van der Waals surface area contributed by atoms with E-state index in [2.05, 4.69) is 22.6 Å². The molecule has 0 aromatic heterocycles. The Kier molecular flexibility index (Phi) is 9.44. The van der Waals surface area contributed by atoms with Crippen molar-refractivity contribution in [1.82, 2.24) is 0 Å². The van der Waals surface area contributed by atoms with Gasteiger partial charge in [0, 0.05) is 0 Å². The fourth-order valence-corrected chi connectivity index (χ4v) is 1.41. The summed E-state index contributed by atoms with van der Waals surface area (Å²) in [6.45, 7) is 8.47. The van der Waals surface area contributed by atoms with Crippen LogP contribution in [0.15, 0.2) is 24.3 Å². The fourth-order valence-electron chi connectivity index (χ4n) is 1.41. The molecule has 0 aromatic rings. The van der Waals surface area contributed by atoms with Crippen LogP contribution in [0.25, 0.3) is 0 Å². The van der Waals surface area contributed by atoms with Gasteiger partial charge in [-0.05, 0) is 25.0 Å². The second-order valence-electron chi connectivity index (χ2n) is 5.19. The van der Waals surface area contributed by atoms with Crippen LogP contribution < -0.4 is 0 Å². The van der Waals surface area contributed by atoms with Crippen molar-refractivity contribution in [2.75, 3.05) is 13.2 Å². The molecule has 0 fully saturated rings. The highest BCUT2D eigenvalue weighted by Crippen LogP contribution is 2.02. The Balaban J connectivity index is 4.04. The molecule has 0 aliphatic rings. The molecule has 2 atom stereocenters. The third-order valence-electron chi connectivity index (χ3n) is 2.78. The van der Waals surface area contributed by atoms with E-state index in [1.807, 2.05) is 0 Å². The van der Waals surface area contributed by atoms with E-state index < -0.39 is 48.9 Å². The molecule has 2 N–H and O–H groups in total. The zero-order chi connectivity index (χ0) is 18.9. The standard InChI is InChI=1S/C16H22O8/c1-9(2)15(21)11(17)7-23-13(19)5-6-14(20)24-8-12(18)16(22)10(3)4/h11-12,17-18H,1,3,5-8H2,2,4H3. The number of aliphatic hydroxyl groups excluding tert-OH is 2. The van der Waals surface area contributed by atoms with E-state index in [1.165, 1.54) is 13.8 Å². The van der Waals surface area contributed by atoms with Crippen LogP contribution in [-0.2, 0) is 28.7 Å². The Bertz CT molecular complexity index is 486. The number of ketones is 2. The minimum Gasteiger partial charge on any atom is -0.462 e. The largest absolute Gasteiger partial charge is 0.462 e. The van der Waals surface area contributed by atoms with Crippen LogP contribution in [0, 0.1) is 0 Å². The summed E-state index contributed by atoms with van der Waals surface area (Å²) in [4.78, 5) is 45.4. The Labute approximate surface area is 139 Å². The van der Waals surface area contributed by atoms with Gasteiger partial charge in [-0.15, -0.1) is 0 Å². The van der Waals surface area contributed by atoms with E-state index in [1.54, 1.807) is 0 Å². The number of rotatable bonds is 11. The Morgan fingerprint density at radius 3 is 1.33 bits per heavy atom. The van der Waals surface area contributed by atoms with Crippen molar-refractivity contribution < 1.29 is 38.9 Å². The summed E-state index contributed by atoms with van der Waals surface area (Å²) in [6.07, 6.45) is -3.67. The minimum atomic E-state index is -1.50. The Morgan fingerprint density at radius 2 is 1.08 bits per heavy atom. The van der Waals surface area contributed by atoms with Gasteiger partial charge >= 0.3 is 11.9 Å². The lowest BCUT2D eigenvalue weighted by molar-refractivity contribution is -0.154. The van der Waals surface area contributed by atoms with Crippen LogP contribution >= 0.6 is 0 Å².